The van der Waals surface area contributed by atoms with Crippen LogP contribution in [0.4, 0.5) is 34.1 Å². The van der Waals surface area contributed by atoms with E-state index in [0.29, 0.717) is 0 Å². The number of nitrogens with zero attached hydrogens (tertiary/aromatic N) is 2. The summed E-state index contributed by atoms with van der Waals surface area (Å²) in [6.07, 6.45) is 0. The summed E-state index contributed by atoms with van der Waals surface area (Å²) in [5, 5.41) is 0. The van der Waals surface area contributed by atoms with Crippen molar-refractivity contribution in [1.82, 2.24) is 0 Å². The normalized spacial score (nSPS) is 14.1. The zero-order chi connectivity index (χ0) is 41.7. The van der Waals surface area contributed by atoms with Crippen LogP contribution < -0.4 is 9.80 Å². The molecule has 0 bridgehead atoms. The first-order chi connectivity index (χ1) is 31.3. The van der Waals surface area contributed by atoms with Crippen molar-refractivity contribution in [2.24, 2.45) is 0 Å². The lowest BCUT2D eigenvalue weighted by Gasteiger charge is -2.33. The standard InChI is InChI=1S/C61H42N2/c1-5-21-43(22-6-1)45-25-19-30-48(41-45)62(46-26-9-3-10-27-46)49-39-40-52-51-32-13-16-34-54(51)61(57(52)42-49)55-35-17-14-33-53(55)60-56(61)36-20-38-59(60)63(47-28-11-4-12-29-47)58-37-18-15-31-50(58)44-23-7-2-8-24-44/h1-42H. The molecule has 12 rings (SSSR count). The molecule has 2 heteroatoms. The Morgan fingerprint density at radius 2 is 0.698 bits per heavy atom. The Hall–Kier alpha value is -8.20. The second kappa shape index (κ2) is 15.1. The predicted molar refractivity (Wildman–Crippen MR) is 263 cm³/mol. The number of rotatable bonds is 8. The van der Waals surface area contributed by atoms with Crippen LogP contribution in [0.25, 0.3) is 44.5 Å². The Bertz CT molecular complexity index is 3290. The van der Waals surface area contributed by atoms with Crippen molar-refractivity contribution in [2.75, 3.05) is 9.80 Å². The first-order valence-electron chi connectivity index (χ1n) is 21.8. The molecule has 0 N–H and O–H groups in total. The molecule has 2 aliphatic carbocycles. The van der Waals surface area contributed by atoms with Crippen LogP contribution in [0.15, 0.2) is 255 Å². The molecule has 296 valence electrons. The third-order valence-corrected chi connectivity index (χ3v) is 13.0. The zero-order valence-corrected chi connectivity index (χ0v) is 34.6. The van der Waals surface area contributed by atoms with Crippen molar-refractivity contribution in [3.05, 3.63) is 277 Å². The molecule has 2 nitrogen and oxygen atoms in total. The van der Waals surface area contributed by atoms with Crippen LogP contribution in [0.3, 0.4) is 0 Å². The molecule has 0 aliphatic heterocycles. The van der Waals surface area contributed by atoms with Crippen molar-refractivity contribution in [3.63, 3.8) is 0 Å². The Morgan fingerprint density at radius 3 is 1.41 bits per heavy atom. The van der Waals surface area contributed by atoms with Gasteiger partial charge in [0.1, 0.15) is 0 Å². The van der Waals surface area contributed by atoms with Gasteiger partial charge in [-0.2, -0.15) is 0 Å². The van der Waals surface area contributed by atoms with E-state index < -0.39 is 5.41 Å². The number of para-hydroxylation sites is 3. The van der Waals surface area contributed by atoms with Gasteiger partial charge in [-0.05, 0) is 116 Å². The van der Waals surface area contributed by atoms with E-state index in [1.165, 1.54) is 66.8 Å². The van der Waals surface area contributed by atoms with Crippen LogP contribution >= 0.6 is 0 Å². The van der Waals surface area contributed by atoms with Crippen LogP contribution in [-0.2, 0) is 5.41 Å². The third kappa shape index (κ3) is 5.80. The van der Waals surface area contributed by atoms with Gasteiger partial charge < -0.3 is 9.80 Å². The molecule has 0 aromatic heterocycles. The van der Waals surface area contributed by atoms with Crippen LogP contribution in [0, 0.1) is 0 Å². The largest absolute Gasteiger partial charge is 0.310 e. The number of hydrogen-bond acceptors (Lipinski definition) is 2. The number of anilines is 6. The van der Waals surface area contributed by atoms with Crippen molar-refractivity contribution >= 4 is 34.1 Å². The lowest BCUT2D eigenvalue weighted by molar-refractivity contribution is 0.793. The van der Waals surface area contributed by atoms with Crippen LogP contribution in [0.5, 0.6) is 0 Å². The summed E-state index contributed by atoms with van der Waals surface area (Å²) in [5.74, 6) is 0. The topological polar surface area (TPSA) is 6.48 Å². The summed E-state index contributed by atoms with van der Waals surface area (Å²) in [7, 11) is 0. The van der Waals surface area contributed by atoms with Crippen LogP contribution in [0.1, 0.15) is 22.3 Å². The van der Waals surface area contributed by atoms with E-state index in [1.807, 2.05) is 0 Å². The number of hydrogen-bond donors (Lipinski definition) is 0. The van der Waals surface area contributed by atoms with E-state index in [9.17, 15) is 0 Å². The Balaban J connectivity index is 1.12. The fourth-order valence-corrected chi connectivity index (χ4v) is 10.5. The lowest BCUT2D eigenvalue weighted by atomic mass is 9.70. The molecular formula is C61H42N2. The van der Waals surface area contributed by atoms with Gasteiger partial charge in [0.25, 0.3) is 0 Å². The molecule has 10 aromatic rings. The summed E-state index contributed by atoms with van der Waals surface area (Å²) in [5.41, 5.74) is 21.1. The minimum absolute atomic E-state index is 0.570. The van der Waals surface area contributed by atoms with E-state index in [-0.39, 0.29) is 0 Å². The summed E-state index contributed by atoms with van der Waals surface area (Å²) < 4.78 is 0. The molecule has 2 aliphatic rings. The van der Waals surface area contributed by atoms with Gasteiger partial charge >= 0.3 is 0 Å². The van der Waals surface area contributed by atoms with E-state index in [2.05, 4.69) is 265 Å². The molecule has 63 heavy (non-hydrogen) atoms. The zero-order valence-electron chi connectivity index (χ0n) is 34.6. The predicted octanol–water partition coefficient (Wildman–Crippen LogP) is 16.3. The van der Waals surface area contributed by atoms with Crippen LogP contribution in [0.2, 0.25) is 0 Å². The van der Waals surface area contributed by atoms with Gasteiger partial charge in [-0.1, -0.05) is 194 Å². The van der Waals surface area contributed by atoms with E-state index in [1.54, 1.807) is 0 Å². The second-order valence-corrected chi connectivity index (χ2v) is 16.4. The van der Waals surface area contributed by atoms with Gasteiger partial charge in [0.05, 0.1) is 16.8 Å². The summed E-state index contributed by atoms with van der Waals surface area (Å²) in [6.45, 7) is 0. The van der Waals surface area contributed by atoms with E-state index in [4.69, 9.17) is 0 Å². The molecule has 0 amide bonds. The van der Waals surface area contributed by atoms with Crippen molar-refractivity contribution in [1.29, 1.82) is 0 Å². The third-order valence-electron chi connectivity index (χ3n) is 13.0. The smallest absolute Gasteiger partial charge is 0.0727 e. The fraction of sp³-hybridized carbons (Fsp3) is 0.0164. The highest BCUT2D eigenvalue weighted by atomic mass is 15.2. The number of benzene rings is 10. The average Bonchev–Trinajstić information content (AvgIpc) is 3.83. The Labute approximate surface area is 369 Å². The summed E-state index contributed by atoms with van der Waals surface area (Å²) in [4.78, 5) is 4.89. The Morgan fingerprint density at radius 1 is 0.238 bits per heavy atom. The molecule has 1 unspecified atom stereocenters. The van der Waals surface area contributed by atoms with E-state index >= 15 is 0 Å². The monoisotopic (exact) mass is 802 g/mol. The van der Waals surface area contributed by atoms with Crippen molar-refractivity contribution in [3.8, 4) is 44.5 Å². The van der Waals surface area contributed by atoms with Gasteiger partial charge in [0, 0.05) is 33.9 Å². The maximum atomic E-state index is 2.48. The molecule has 10 aromatic carbocycles. The van der Waals surface area contributed by atoms with E-state index in [0.717, 1.165) is 34.1 Å². The highest BCUT2D eigenvalue weighted by molar-refractivity contribution is 6.03. The summed E-state index contributed by atoms with van der Waals surface area (Å²) in [6, 6.07) is 93.2. The highest BCUT2D eigenvalue weighted by Gasteiger charge is 2.52. The highest BCUT2D eigenvalue weighted by Crippen LogP contribution is 2.65. The van der Waals surface area contributed by atoms with Crippen molar-refractivity contribution in [2.45, 2.75) is 5.41 Å². The molecule has 0 fully saturated rings. The quantitative estimate of drug-likeness (QED) is 0.151. The maximum absolute atomic E-state index is 2.48. The molecule has 1 atom stereocenters. The molecule has 0 saturated heterocycles. The Kier molecular flexibility index (Phi) is 8.76. The first-order valence-corrected chi connectivity index (χ1v) is 21.8. The first kappa shape index (κ1) is 36.6. The molecule has 0 saturated carbocycles. The minimum Gasteiger partial charge on any atom is -0.310 e. The van der Waals surface area contributed by atoms with Crippen LogP contribution in [-0.4, -0.2) is 0 Å². The summed E-state index contributed by atoms with van der Waals surface area (Å²) >= 11 is 0. The maximum Gasteiger partial charge on any atom is 0.0727 e. The SMILES string of the molecule is c1ccc(-c2cccc(N(c3ccccc3)c3ccc4c(c3)C3(c5ccccc5-4)c4ccccc4-c4c(N(c5ccccc5)c5ccccc5-c5ccccc5)cccc43)c2)cc1. The molecule has 0 heterocycles. The molecule has 1 spiro atoms. The lowest BCUT2D eigenvalue weighted by Crippen LogP contribution is -2.26. The minimum atomic E-state index is -0.570. The van der Waals surface area contributed by atoms with Gasteiger partial charge in [0.15, 0.2) is 0 Å². The van der Waals surface area contributed by atoms with Gasteiger partial charge in [0.2, 0.25) is 0 Å². The number of fused-ring (bicyclic) bond motifs is 10. The van der Waals surface area contributed by atoms with Gasteiger partial charge in [-0.25, -0.2) is 0 Å². The molecule has 0 radical (unpaired) electrons. The molecular weight excluding hydrogens is 761 g/mol. The average molecular weight is 803 g/mol. The fourth-order valence-electron chi connectivity index (χ4n) is 10.5. The second-order valence-electron chi connectivity index (χ2n) is 16.4. The van der Waals surface area contributed by atoms with Gasteiger partial charge in [-0.15, -0.1) is 0 Å². The van der Waals surface area contributed by atoms with Gasteiger partial charge in [-0.3, -0.25) is 0 Å². The van der Waals surface area contributed by atoms with Crippen molar-refractivity contribution < 1.29 is 0 Å².